The van der Waals surface area contributed by atoms with Crippen molar-refractivity contribution in [2.45, 2.75) is 6.04 Å². The Morgan fingerprint density at radius 1 is 1.11 bits per heavy atom. The van der Waals surface area contributed by atoms with E-state index < -0.39 is 0 Å². The van der Waals surface area contributed by atoms with Crippen LogP contribution in [0.25, 0.3) is 0 Å². The molecule has 1 atom stereocenters. The molecule has 28 heavy (non-hydrogen) atoms. The molecule has 6 heteroatoms. The van der Waals surface area contributed by atoms with Crippen molar-refractivity contribution < 1.29 is 14.3 Å². The maximum Gasteiger partial charge on any atom is 0.407 e. The second kappa shape index (κ2) is 9.74. The number of alkyl carbamates (subject to hydrolysis) is 1. The number of hydrogen-bond donors (Lipinski definition) is 1. The normalized spacial score (nSPS) is 14.5. The first kappa shape index (κ1) is 18.9. The topological polar surface area (TPSA) is 73.3 Å². The molecule has 2 heterocycles. The van der Waals surface area contributed by atoms with Gasteiger partial charge in [-0.1, -0.05) is 36.3 Å². The highest BCUT2D eigenvalue weighted by molar-refractivity contribution is 5.70. The SMILES string of the molecule is COc1ccccc1.O=C1N[C@H](c2cccc(C#Cc3cnccn3)c2)CO1. The van der Waals surface area contributed by atoms with Crippen molar-refractivity contribution in [3.63, 3.8) is 0 Å². The molecule has 0 unspecified atom stereocenters. The molecule has 1 amide bonds. The summed E-state index contributed by atoms with van der Waals surface area (Å²) in [6, 6.07) is 17.3. The molecule has 1 N–H and O–H groups in total. The fraction of sp³-hybridized carbons (Fsp3) is 0.136. The number of benzene rings is 2. The van der Waals surface area contributed by atoms with E-state index in [1.54, 1.807) is 25.7 Å². The summed E-state index contributed by atoms with van der Waals surface area (Å²) in [6.45, 7) is 0.347. The number of ether oxygens (including phenoxy) is 2. The van der Waals surface area contributed by atoms with Gasteiger partial charge in [-0.2, -0.15) is 0 Å². The van der Waals surface area contributed by atoms with Crippen LogP contribution < -0.4 is 10.1 Å². The van der Waals surface area contributed by atoms with Gasteiger partial charge in [0.25, 0.3) is 0 Å². The first-order chi connectivity index (χ1) is 13.7. The second-order valence-corrected chi connectivity index (χ2v) is 5.78. The first-order valence-corrected chi connectivity index (χ1v) is 8.65. The molecule has 1 aliphatic heterocycles. The van der Waals surface area contributed by atoms with Crippen molar-refractivity contribution in [2.75, 3.05) is 13.7 Å². The molecular weight excluding hydrogens is 354 g/mol. The van der Waals surface area contributed by atoms with Crippen LogP contribution in [-0.4, -0.2) is 29.8 Å². The summed E-state index contributed by atoms with van der Waals surface area (Å²) in [5.41, 5.74) is 2.45. The number of hydrogen-bond acceptors (Lipinski definition) is 5. The zero-order valence-electron chi connectivity index (χ0n) is 15.3. The van der Waals surface area contributed by atoms with E-state index in [9.17, 15) is 4.79 Å². The van der Waals surface area contributed by atoms with E-state index in [2.05, 4.69) is 27.1 Å². The van der Waals surface area contributed by atoms with E-state index >= 15 is 0 Å². The average molecular weight is 373 g/mol. The highest BCUT2D eigenvalue weighted by Crippen LogP contribution is 2.18. The van der Waals surface area contributed by atoms with Gasteiger partial charge in [-0.25, -0.2) is 9.78 Å². The lowest BCUT2D eigenvalue weighted by Gasteiger charge is -2.07. The third-order valence-electron chi connectivity index (χ3n) is 3.84. The van der Waals surface area contributed by atoms with Crippen LogP contribution in [0.5, 0.6) is 5.75 Å². The van der Waals surface area contributed by atoms with Gasteiger partial charge in [0.1, 0.15) is 18.1 Å². The minimum atomic E-state index is -0.383. The van der Waals surface area contributed by atoms with E-state index in [1.807, 2.05) is 54.6 Å². The Morgan fingerprint density at radius 3 is 2.61 bits per heavy atom. The van der Waals surface area contributed by atoms with Gasteiger partial charge in [-0.05, 0) is 35.7 Å². The maximum absolute atomic E-state index is 11.0. The zero-order chi connectivity index (χ0) is 19.6. The quantitative estimate of drug-likeness (QED) is 0.698. The lowest BCUT2D eigenvalue weighted by atomic mass is 10.1. The molecule has 0 radical (unpaired) electrons. The van der Waals surface area contributed by atoms with Crippen LogP contribution in [0.2, 0.25) is 0 Å². The average Bonchev–Trinajstić information content (AvgIpc) is 3.21. The van der Waals surface area contributed by atoms with E-state index in [0.29, 0.717) is 12.3 Å². The van der Waals surface area contributed by atoms with Crippen molar-refractivity contribution >= 4 is 6.09 Å². The summed E-state index contributed by atoms with van der Waals surface area (Å²) in [5, 5.41) is 2.74. The van der Waals surface area contributed by atoms with Crippen LogP contribution >= 0.6 is 0 Å². The van der Waals surface area contributed by atoms with Crippen LogP contribution in [-0.2, 0) is 4.74 Å². The summed E-state index contributed by atoms with van der Waals surface area (Å²) in [6.07, 6.45) is 4.44. The fourth-order valence-corrected chi connectivity index (χ4v) is 2.45. The van der Waals surface area contributed by atoms with Crippen molar-refractivity contribution in [3.8, 4) is 17.6 Å². The van der Waals surface area contributed by atoms with Gasteiger partial charge >= 0.3 is 6.09 Å². The fourth-order valence-electron chi connectivity index (χ4n) is 2.45. The number of carbonyl (C=O) groups excluding carboxylic acids is 1. The van der Waals surface area contributed by atoms with Crippen LogP contribution in [0.15, 0.2) is 73.2 Å². The highest BCUT2D eigenvalue weighted by Gasteiger charge is 2.23. The van der Waals surface area contributed by atoms with E-state index in [-0.39, 0.29) is 12.1 Å². The molecule has 1 aliphatic rings. The molecule has 1 aromatic heterocycles. The van der Waals surface area contributed by atoms with Gasteiger partial charge in [0.2, 0.25) is 0 Å². The number of carbonyl (C=O) groups is 1. The summed E-state index contributed by atoms with van der Waals surface area (Å²) < 4.78 is 9.80. The third kappa shape index (κ3) is 5.58. The van der Waals surface area contributed by atoms with Crippen molar-refractivity contribution in [1.82, 2.24) is 15.3 Å². The van der Waals surface area contributed by atoms with Crippen molar-refractivity contribution in [3.05, 3.63) is 90.0 Å². The Labute approximate surface area is 163 Å². The number of para-hydroxylation sites is 1. The smallest absolute Gasteiger partial charge is 0.407 e. The second-order valence-electron chi connectivity index (χ2n) is 5.78. The van der Waals surface area contributed by atoms with Crippen LogP contribution in [0.4, 0.5) is 4.79 Å². The largest absolute Gasteiger partial charge is 0.497 e. The Hall–Kier alpha value is -3.85. The van der Waals surface area contributed by atoms with E-state index in [1.165, 1.54) is 0 Å². The first-order valence-electron chi connectivity index (χ1n) is 8.65. The van der Waals surface area contributed by atoms with Gasteiger partial charge in [-0.3, -0.25) is 4.98 Å². The Bertz CT molecular complexity index is 966. The van der Waals surface area contributed by atoms with Gasteiger partial charge in [0.05, 0.1) is 19.3 Å². The Kier molecular flexibility index (Phi) is 6.58. The maximum atomic E-state index is 11.0. The van der Waals surface area contributed by atoms with Crippen LogP contribution in [0.3, 0.4) is 0 Å². The summed E-state index contributed by atoms with van der Waals surface area (Å²) in [4.78, 5) is 19.1. The molecule has 3 aromatic rings. The minimum absolute atomic E-state index is 0.110. The lowest BCUT2D eigenvalue weighted by molar-refractivity contribution is 0.177. The number of amides is 1. The summed E-state index contributed by atoms with van der Waals surface area (Å²) in [7, 11) is 1.66. The molecule has 0 aliphatic carbocycles. The monoisotopic (exact) mass is 373 g/mol. The Morgan fingerprint density at radius 2 is 1.96 bits per heavy atom. The molecule has 140 valence electrons. The number of cyclic esters (lactones) is 1. The molecule has 0 saturated carbocycles. The number of nitrogens with one attached hydrogen (secondary N) is 1. The number of aromatic nitrogens is 2. The molecule has 2 aromatic carbocycles. The van der Waals surface area contributed by atoms with Crippen molar-refractivity contribution in [1.29, 1.82) is 0 Å². The number of rotatable bonds is 2. The molecule has 4 rings (SSSR count). The molecule has 1 saturated heterocycles. The van der Waals surface area contributed by atoms with Gasteiger partial charge in [0.15, 0.2) is 0 Å². The molecule has 0 bridgehead atoms. The van der Waals surface area contributed by atoms with Crippen LogP contribution in [0.1, 0.15) is 22.9 Å². The minimum Gasteiger partial charge on any atom is -0.497 e. The van der Waals surface area contributed by atoms with Crippen LogP contribution in [0, 0.1) is 11.8 Å². The van der Waals surface area contributed by atoms with Crippen molar-refractivity contribution in [2.24, 2.45) is 0 Å². The molecule has 1 fully saturated rings. The zero-order valence-corrected chi connectivity index (χ0v) is 15.3. The third-order valence-corrected chi connectivity index (χ3v) is 3.84. The summed E-state index contributed by atoms with van der Waals surface area (Å²) >= 11 is 0. The van der Waals surface area contributed by atoms with Gasteiger partial charge in [0, 0.05) is 18.0 Å². The Balaban J connectivity index is 0.000000236. The molecular formula is C22H19N3O3. The summed E-state index contributed by atoms with van der Waals surface area (Å²) in [5.74, 6) is 6.89. The number of nitrogens with zero attached hydrogens (tertiary/aromatic N) is 2. The van der Waals surface area contributed by atoms with Gasteiger partial charge < -0.3 is 14.8 Å². The lowest BCUT2D eigenvalue weighted by Crippen LogP contribution is -2.18. The van der Waals surface area contributed by atoms with Gasteiger partial charge in [-0.15, -0.1) is 0 Å². The predicted molar refractivity (Wildman–Crippen MR) is 105 cm³/mol. The van der Waals surface area contributed by atoms with E-state index in [0.717, 1.165) is 16.9 Å². The van der Waals surface area contributed by atoms with E-state index in [4.69, 9.17) is 9.47 Å². The predicted octanol–water partition coefficient (Wildman–Crippen LogP) is 3.35. The highest BCUT2D eigenvalue weighted by atomic mass is 16.6. The number of methoxy groups -OCH3 is 1. The molecule has 0 spiro atoms. The molecule has 6 nitrogen and oxygen atoms in total. The standard InChI is InChI=1S/C15H11N3O2.C7H8O/c19-15-18-14(10-20-15)12-3-1-2-11(8-12)4-5-13-9-16-6-7-17-13;1-8-7-5-3-2-4-6-7/h1-3,6-9,14H,10H2,(H,18,19);2-6H,1H3/t14-;/m0./s1.